The molecule has 0 saturated carbocycles. The minimum absolute atomic E-state index is 0.181. The van der Waals surface area contributed by atoms with E-state index >= 15 is 0 Å². The molecule has 3 aromatic heterocycles. The fourth-order valence-electron chi connectivity index (χ4n) is 3.32. The zero-order valence-corrected chi connectivity index (χ0v) is 14.5. The van der Waals surface area contributed by atoms with Gasteiger partial charge in [0.05, 0.1) is 23.1 Å². The number of primary amides is 1. The molecule has 0 radical (unpaired) electrons. The lowest BCUT2D eigenvalue weighted by Crippen LogP contribution is -2.39. The number of nitriles is 1. The zero-order chi connectivity index (χ0) is 18.8. The van der Waals surface area contributed by atoms with Gasteiger partial charge >= 0.3 is 0 Å². The lowest BCUT2D eigenvalue weighted by atomic mass is 10.0. The molecule has 0 aromatic carbocycles. The van der Waals surface area contributed by atoms with Crippen LogP contribution in [0.2, 0.25) is 0 Å². The molecule has 0 spiro atoms. The van der Waals surface area contributed by atoms with E-state index in [0.717, 1.165) is 31.7 Å². The number of nitrogens with zero attached hydrogens (tertiary/aromatic N) is 5. The van der Waals surface area contributed by atoms with Crippen LogP contribution in [-0.4, -0.2) is 45.0 Å². The van der Waals surface area contributed by atoms with E-state index in [4.69, 9.17) is 11.0 Å². The van der Waals surface area contributed by atoms with Crippen LogP contribution in [0, 0.1) is 11.3 Å². The molecule has 0 aliphatic carbocycles. The van der Waals surface area contributed by atoms with Gasteiger partial charge in [0.2, 0.25) is 0 Å². The highest BCUT2D eigenvalue weighted by atomic mass is 16.1. The normalized spacial score (nSPS) is 14.9. The topological polar surface area (TPSA) is 137 Å². The maximum atomic E-state index is 11.8. The molecular formula is C18H18N8O. The van der Waals surface area contributed by atoms with Gasteiger partial charge in [0, 0.05) is 31.5 Å². The van der Waals surface area contributed by atoms with Crippen molar-refractivity contribution in [1.82, 2.24) is 19.9 Å². The van der Waals surface area contributed by atoms with Crippen LogP contribution in [0.5, 0.6) is 0 Å². The van der Waals surface area contributed by atoms with Crippen molar-refractivity contribution in [2.24, 2.45) is 5.73 Å². The minimum atomic E-state index is -0.533. The van der Waals surface area contributed by atoms with Crippen LogP contribution in [0.15, 0.2) is 30.9 Å². The fraction of sp³-hybridized carbons (Fsp3) is 0.278. The van der Waals surface area contributed by atoms with Crippen LogP contribution >= 0.6 is 0 Å². The van der Waals surface area contributed by atoms with E-state index in [1.54, 1.807) is 18.6 Å². The number of anilines is 2. The number of aromatic nitrogens is 4. The lowest BCUT2D eigenvalue weighted by Gasteiger charge is -2.33. The third-order valence-electron chi connectivity index (χ3n) is 4.76. The number of piperidine rings is 1. The van der Waals surface area contributed by atoms with Gasteiger partial charge in [-0.25, -0.2) is 15.0 Å². The summed E-state index contributed by atoms with van der Waals surface area (Å²) in [6.45, 7) is 1.63. The van der Waals surface area contributed by atoms with Gasteiger partial charge in [-0.15, -0.1) is 0 Å². The van der Waals surface area contributed by atoms with Gasteiger partial charge in [0.15, 0.2) is 5.65 Å². The molecule has 1 saturated heterocycles. The molecule has 1 amide bonds. The van der Waals surface area contributed by atoms with E-state index in [0.29, 0.717) is 28.0 Å². The number of nitrogens with one attached hydrogen (secondary N) is 2. The average Bonchev–Trinajstić information content (AvgIpc) is 3.18. The summed E-state index contributed by atoms with van der Waals surface area (Å²) in [5.74, 6) is 0.331. The first-order valence-electron chi connectivity index (χ1n) is 8.65. The molecule has 4 heterocycles. The Morgan fingerprint density at radius 2 is 2.07 bits per heavy atom. The number of carbonyl (C=O) groups excluding carboxylic acids is 1. The number of fused-ring (bicyclic) bond motifs is 1. The van der Waals surface area contributed by atoms with Gasteiger partial charge < -0.3 is 20.9 Å². The molecule has 9 heteroatoms. The number of rotatable bonds is 4. The Bertz CT molecular complexity index is 1010. The van der Waals surface area contributed by atoms with Crippen molar-refractivity contribution in [2.75, 3.05) is 23.3 Å². The molecule has 1 aliphatic rings. The van der Waals surface area contributed by atoms with Gasteiger partial charge in [0.1, 0.15) is 17.4 Å². The molecule has 3 aromatic rings. The van der Waals surface area contributed by atoms with E-state index in [-0.39, 0.29) is 6.04 Å². The van der Waals surface area contributed by atoms with Gasteiger partial charge in [-0.05, 0) is 25.0 Å². The standard InChI is InChI=1S/C18H18N8O/c19-7-11-1-2-14(21-8-11)26-5-3-12(4-6-26)25-15-13(17(20)27)9-22-18-16(15)23-10-24-18/h1-2,8-10,12H,3-6H2,(H2,20,27)(H2,22,23,24,25). The predicted octanol–water partition coefficient (Wildman–Crippen LogP) is 1.40. The minimum Gasteiger partial charge on any atom is -0.380 e. The number of imidazole rings is 1. The Morgan fingerprint density at radius 1 is 1.26 bits per heavy atom. The molecule has 0 bridgehead atoms. The van der Waals surface area contributed by atoms with E-state index in [1.165, 1.54) is 6.20 Å². The highest BCUT2D eigenvalue weighted by Crippen LogP contribution is 2.27. The second kappa shape index (κ2) is 6.92. The molecule has 1 fully saturated rings. The zero-order valence-electron chi connectivity index (χ0n) is 14.5. The van der Waals surface area contributed by atoms with Gasteiger partial charge in [0.25, 0.3) is 5.91 Å². The van der Waals surface area contributed by atoms with Crippen molar-refractivity contribution in [2.45, 2.75) is 18.9 Å². The first-order valence-corrected chi connectivity index (χ1v) is 8.65. The highest BCUT2D eigenvalue weighted by Gasteiger charge is 2.23. The molecule has 9 nitrogen and oxygen atoms in total. The summed E-state index contributed by atoms with van der Waals surface area (Å²) in [5.41, 5.74) is 8.25. The van der Waals surface area contributed by atoms with Crippen molar-refractivity contribution >= 4 is 28.6 Å². The largest absolute Gasteiger partial charge is 0.380 e. The van der Waals surface area contributed by atoms with Crippen molar-refractivity contribution in [3.63, 3.8) is 0 Å². The highest BCUT2D eigenvalue weighted by molar-refractivity contribution is 6.04. The number of hydrogen-bond donors (Lipinski definition) is 3. The smallest absolute Gasteiger partial charge is 0.252 e. The monoisotopic (exact) mass is 362 g/mol. The van der Waals surface area contributed by atoms with Crippen LogP contribution < -0.4 is 16.0 Å². The number of aromatic amines is 1. The predicted molar refractivity (Wildman–Crippen MR) is 100 cm³/mol. The van der Waals surface area contributed by atoms with Crippen LogP contribution in [-0.2, 0) is 0 Å². The Balaban J connectivity index is 1.49. The summed E-state index contributed by atoms with van der Waals surface area (Å²) in [6, 6.07) is 5.90. The van der Waals surface area contributed by atoms with E-state index in [1.807, 2.05) is 6.07 Å². The summed E-state index contributed by atoms with van der Waals surface area (Å²) in [5, 5.41) is 12.3. The third-order valence-corrected chi connectivity index (χ3v) is 4.76. The summed E-state index contributed by atoms with van der Waals surface area (Å²) in [4.78, 5) is 29.7. The Kier molecular flexibility index (Phi) is 4.30. The molecular weight excluding hydrogens is 344 g/mol. The van der Waals surface area contributed by atoms with Crippen LogP contribution in [0.3, 0.4) is 0 Å². The quantitative estimate of drug-likeness (QED) is 0.638. The van der Waals surface area contributed by atoms with Gasteiger partial charge in [-0.2, -0.15) is 5.26 Å². The number of pyridine rings is 2. The Labute approximate surface area is 155 Å². The average molecular weight is 362 g/mol. The number of carbonyl (C=O) groups is 1. The van der Waals surface area contributed by atoms with Crippen molar-refractivity contribution in [3.8, 4) is 6.07 Å². The van der Waals surface area contributed by atoms with E-state index in [9.17, 15) is 4.79 Å². The van der Waals surface area contributed by atoms with Gasteiger partial charge in [-0.1, -0.05) is 0 Å². The van der Waals surface area contributed by atoms with E-state index < -0.39 is 5.91 Å². The number of nitrogens with two attached hydrogens (primary N) is 1. The first-order chi connectivity index (χ1) is 13.2. The van der Waals surface area contributed by atoms with Crippen molar-refractivity contribution < 1.29 is 4.79 Å². The van der Waals surface area contributed by atoms with Crippen LogP contribution in [0.1, 0.15) is 28.8 Å². The number of H-pyrrole nitrogens is 1. The van der Waals surface area contributed by atoms with Gasteiger partial charge in [-0.3, -0.25) is 4.79 Å². The summed E-state index contributed by atoms with van der Waals surface area (Å²) in [7, 11) is 0. The van der Waals surface area contributed by atoms with Crippen LogP contribution in [0.25, 0.3) is 11.2 Å². The maximum absolute atomic E-state index is 11.8. The third kappa shape index (κ3) is 3.25. The molecule has 1 aliphatic heterocycles. The second-order valence-electron chi connectivity index (χ2n) is 6.43. The molecule has 0 unspecified atom stereocenters. The second-order valence-corrected chi connectivity index (χ2v) is 6.43. The molecule has 4 rings (SSSR count). The maximum Gasteiger partial charge on any atom is 0.252 e. The molecule has 0 atom stereocenters. The Morgan fingerprint density at radius 3 is 2.74 bits per heavy atom. The summed E-state index contributed by atoms with van der Waals surface area (Å²) >= 11 is 0. The van der Waals surface area contributed by atoms with Crippen LogP contribution in [0.4, 0.5) is 11.5 Å². The number of amides is 1. The SMILES string of the molecule is N#Cc1ccc(N2CCC(Nc3c(C(N)=O)cnc4[nH]cnc34)CC2)nc1. The molecule has 4 N–H and O–H groups in total. The summed E-state index contributed by atoms with van der Waals surface area (Å²) < 4.78 is 0. The number of hydrogen-bond acceptors (Lipinski definition) is 7. The Hall–Kier alpha value is -3.67. The molecule has 27 heavy (non-hydrogen) atoms. The van der Waals surface area contributed by atoms with E-state index in [2.05, 4.69) is 36.2 Å². The van der Waals surface area contributed by atoms with Crippen molar-refractivity contribution in [1.29, 1.82) is 5.26 Å². The van der Waals surface area contributed by atoms with Crippen molar-refractivity contribution in [3.05, 3.63) is 42.0 Å². The lowest BCUT2D eigenvalue weighted by molar-refractivity contribution is 0.100. The molecule has 136 valence electrons. The summed E-state index contributed by atoms with van der Waals surface area (Å²) in [6.07, 6.45) is 6.35. The fourth-order valence-corrected chi connectivity index (χ4v) is 3.32. The first kappa shape index (κ1) is 16.8.